The van der Waals surface area contributed by atoms with Gasteiger partial charge in [0.05, 0.1) is 5.54 Å². The van der Waals surface area contributed by atoms with E-state index in [1.54, 1.807) is 12.4 Å². The van der Waals surface area contributed by atoms with Crippen molar-refractivity contribution in [2.45, 2.75) is 32.2 Å². The van der Waals surface area contributed by atoms with Crippen LogP contribution < -0.4 is 5.73 Å². The molecule has 86 valence electrons. The van der Waals surface area contributed by atoms with Crippen LogP contribution in [0.15, 0.2) is 16.9 Å². The lowest BCUT2D eigenvalue weighted by molar-refractivity contribution is 0.268. The highest BCUT2D eigenvalue weighted by Crippen LogP contribution is 2.25. The van der Waals surface area contributed by atoms with Crippen LogP contribution in [0.2, 0.25) is 0 Å². The highest BCUT2D eigenvalue weighted by molar-refractivity contribution is 5.41. The van der Waals surface area contributed by atoms with Crippen molar-refractivity contribution in [2.75, 3.05) is 0 Å². The molecule has 2 aromatic heterocycles. The van der Waals surface area contributed by atoms with Crippen LogP contribution >= 0.6 is 0 Å². The van der Waals surface area contributed by atoms with Crippen molar-refractivity contribution in [2.24, 2.45) is 5.73 Å². The first kappa shape index (κ1) is 10.8. The predicted molar refractivity (Wildman–Crippen MR) is 58.3 cm³/mol. The number of hydrogen-bond acceptors (Lipinski definition) is 5. The number of imidazole rings is 1. The molecule has 2 rings (SSSR count). The van der Waals surface area contributed by atoms with Gasteiger partial charge in [0.15, 0.2) is 5.82 Å². The van der Waals surface area contributed by atoms with E-state index in [0.717, 1.165) is 12.8 Å². The molecule has 0 fully saturated rings. The molecule has 6 heteroatoms. The van der Waals surface area contributed by atoms with Gasteiger partial charge in [0.2, 0.25) is 11.7 Å². The molecular weight excluding hydrogens is 206 g/mol. The molecule has 2 aromatic rings. The van der Waals surface area contributed by atoms with Crippen LogP contribution in [0.25, 0.3) is 11.6 Å². The highest BCUT2D eigenvalue weighted by Gasteiger charge is 2.30. The summed E-state index contributed by atoms with van der Waals surface area (Å²) in [5, 5.41) is 3.86. The molecule has 0 amide bonds. The molecule has 0 spiro atoms. The van der Waals surface area contributed by atoms with Gasteiger partial charge >= 0.3 is 0 Å². The summed E-state index contributed by atoms with van der Waals surface area (Å²) < 4.78 is 5.19. The summed E-state index contributed by atoms with van der Waals surface area (Å²) in [5.41, 5.74) is 5.61. The Bertz CT molecular complexity index is 443. The van der Waals surface area contributed by atoms with E-state index in [2.05, 4.69) is 20.1 Å². The van der Waals surface area contributed by atoms with Crippen molar-refractivity contribution in [3.05, 3.63) is 18.3 Å². The molecule has 0 aliphatic carbocycles. The van der Waals surface area contributed by atoms with Crippen molar-refractivity contribution < 1.29 is 4.52 Å². The highest BCUT2D eigenvalue weighted by atomic mass is 16.5. The van der Waals surface area contributed by atoms with Gasteiger partial charge in [-0.25, -0.2) is 4.98 Å². The Morgan fingerprint density at radius 2 is 2.19 bits per heavy atom. The molecule has 0 atom stereocenters. The molecule has 3 N–H and O–H groups in total. The second kappa shape index (κ2) is 4.05. The summed E-state index contributed by atoms with van der Waals surface area (Å²) in [6.07, 6.45) is 4.86. The Hall–Kier alpha value is -1.69. The van der Waals surface area contributed by atoms with Crippen LogP contribution in [0, 0.1) is 0 Å². The van der Waals surface area contributed by atoms with Gasteiger partial charge < -0.3 is 15.2 Å². The molecular formula is C10H15N5O. The van der Waals surface area contributed by atoms with E-state index in [0.29, 0.717) is 17.5 Å². The SMILES string of the molecule is CCC(N)(CC)c1nc(-c2ncc[nH]2)no1. The summed E-state index contributed by atoms with van der Waals surface area (Å²) in [6.45, 7) is 4.00. The molecule has 2 heterocycles. The number of nitrogens with two attached hydrogens (primary N) is 1. The van der Waals surface area contributed by atoms with E-state index < -0.39 is 5.54 Å². The van der Waals surface area contributed by atoms with Gasteiger partial charge in [-0.1, -0.05) is 19.0 Å². The fourth-order valence-corrected chi connectivity index (χ4v) is 1.46. The van der Waals surface area contributed by atoms with Gasteiger partial charge in [-0.3, -0.25) is 0 Å². The van der Waals surface area contributed by atoms with Crippen LogP contribution in [0.5, 0.6) is 0 Å². The number of nitrogens with one attached hydrogen (secondary N) is 1. The zero-order valence-corrected chi connectivity index (χ0v) is 9.40. The van der Waals surface area contributed by atoms with Crippen LogP contribution in [-0.2, 0) is 5.54 Å². The number of hydrogen-bond donors (Lipinski definition) is 2. The van der Waals surface area contributed by atoms with Crippen molar-refractivity contribution >= 4 is 0 Å². The van der Waals surface area contributed by atoms with Gasteiger partial charge in [0.1, 0.15) is 0 Å². The van der Waals surface area contributed by atoms with Crippen molar-refractivity contribution in [3.8, 4) is 11.6 Å². The molecule has 6 nitrogen and oxygen atoms in total. The largest absolute Gasteiger partial charge is 0.342 e. The lowest BCUT2D eigenvalue weighted by Gasteiger charge is -2.20. The van der Waals surface area contributed by atoms with E-state index in [9.17, 15) is 0 Å². The Morgan fingerprint density at radius 1 is 1.44 bits per heavy atom. The van der Waals surface area contributed by atoms with Crippen molar-refractivity contribution in [3.63, 3.8) is 0 Å². The van der Waals surface area contributed by atoms with Crippen molar-refractivity contribution in [1.29, 1.82) is 0 Å². The smallest absolute Gasteiger partial charge is 0.247 e. The third-order valence-electron chi connectivity index (χ3n) is 2.82. The minimum absolute atomic E-state index is 0.441. The third-order valence-corrected chi connectivity index (χ3v) is 2.82. The number of H-pyrrole nitrogens is 1. The summed E-state index contributed by atoms with van der Waals surface area (Å²) in [4.78, 5) is 11.2. The molecule has 0 aliphatic rings. The fourth-order valence-electron chi connectivity index (χ4n) is 1.46. The second-order valence-electron chi connectivity index (χ2n) is 3.72. The standard InChI is InChI=1S/C10H15N5O/c1-3-10(11,4-2)9-14-8(15-16-9)7-12-5-6-13-7/h5-6H,3-4,11H2,1-2H3,(H,12,13). The molecule has 16 heavy (non-hydrogen) atoms. The zero-order chi connectivity index (χ0) is 11.6. The number of aromatic nitrogens is 4. The molecule has 0 aliphatic heterocycles. The first-order valence-electron chi connectivity index (χ1n) is 5.32. The number of rotatable bonds is 4. The second-order valence-corrected chi connectivity index (χ2v) is 3.72. The van der Waals surface area contributed by atoms with Gasteiger partial charge in [-0.15, -0.1) is 0 Å². The van der Waals surface area contributed by atoms with Gasteiger partial charge in [-0.2, -0.15) is 4.98 Å². The maximum atomic E-state index is 6.16. The lowest BCUT2D eigenvalue weighted by atomic mass is 9.94. The predicted octanol–water partition coefficient (Wildman–Crippen LogP) is 1.43. The van der Waals surface area contributed by atoms with E-state index in [4.69, 9.17) is 10.3 Å². The average Bonchev–Trinajstić information content (AvgIpc) is 2.97. The summed E-state index contributed by atoms with van der Waals surface area (Å²) >= 11 is 0. The van der Waals surface area contributed by atoms with E-state index >= 15 is 0 Å². The Labute approximate surface area is 93.3 Å². The van der Waals surface area contributed by atoms with Crippen LogP contribution in [0.3, 0.4) is 0 Å². The average molecular weight is 221 g/mol. The molecule has 0 radical (unpaired) electrons. The summed E-state index contributed by atoms with van der Waals surface area (Å²) in [7, 11) is 0. The van der Waals surface area contributed by atoms with Crippen LogP contribution in [0.1, 0.15) is 32.6 Å². The number of aromatic amines is 1. The monoisotopic (exact) mass is 221 g/mol. The van der Waals surface area contributed by atoms with E-state index in [1.807, 2.05) is 13.8 Å². The van der Waals surface area contributed by atoms with E-state index in [-0.39, 0.29) is 0 Å². The zero-order valence-electron chi connectivity index (χ0n) is 9.40. The minimum atomic E-state index is -0.544. The quantitative estimate of drug-likeness (QED) is 0.814. The molecule has 0 unspecified atom stereocenters. The summed E-state index contributed by atoms with van der Waals surface area (Å²) in [5.74, 6) is 1.49. The first-order valence-corrected chi connectivity index (χ1v) is 5.32. The third kappa shape index (κ3) is 1.71. The maximum Gasteiger partial charge on any atom is 0.247 e. The number of nitrogens with zero attached hydrogens (tertiary/aromatic N) is 3. The van der Waals surface area contributed by atoms with Gasteiger partial charge in [0.25, 0.3) is 0 Å². The maximum absolute atomic E-state index is 6.16. The first-order chi connectivity index (χ1) is 7.69. The van der Waals surface area contributed by atoms with Crippen molar-refractivity contribution in [1.82, 2.24) is 20.1 Å². The van der Waals surface area contributed by atoms with Crippen LogP contribution in [-0.4, -0.2) is 20.1 Å². The Kier molecular flexibility index (Phi) is 2.74. The van der Waals surface area contributed by atoms with E-state index in [1.165, 1.54) is 0 Å². The fraction of sp³-hybridized carbons (Fsp3) is 0.500. The van der Waals surface area contributed by atoms with Gasteiger partial charge in [-0.05, 0) is 12.8 Å². The normalized spacial score (nSPS) is 11.9. The minimum Gasteiger partial charge on any atom is -0.342 e. The Balaban J connectivity index is 2.33. The lowest BCUT2D eigenvalue weighted by Crippen LogP contribution is -2.35. The molecule has 0 aromatic carbocycles. The molecule has 0 bridgehead atoms. The van der Waals surface area contributed by atoms with Crippen LogP contribution in [0.4, 0.5) is 0 Å². The summed E-state index contributed by atoms with van der Waals surface area (Å²) in [6, 6.07) is 0. The molecule has 0 saturated heterocycles. The topological polar surface area (TPSA) is 93.6 Å². The van der Waals surface area contributed by atoms with Gasteiger partial charge in [0, 0.05) is 12.4 Å². The molecule has 0 saturated carbocycles. The Morgan fingerprint density at radius 3 is 2.75 bits per heavy atom.